The minimum atomic E-state index is -3.41. The van der Waals surface area contributed by atoms with Gasteiger partial charge in [-0.3, -0.25) is 0 Å². The van der Waals surface area contributed by atoms with Crippen molar-refractivity contribution in [1.82, 2.24) is 10.0 Å². The fraction of sp³-hybridized carbons (Fsp3) is 0.600. The molecule has 1 fully saturated rings. The molecule has 2 rings (SSSR count). The van der Waals surface area contributed by atoms with Gasteiger partial charge in [-0.05, 0) is 43.0 Å². The zero-order valence-corrected chi connectivity index (χ0v) is 13.0. The third kappa shape index (κ3) is 4.04. The summed E-state index contributed by atoms with van der Waals surface area (Å²) < 4.78 is 27.5. The van der Waals surface area contributed by atoms with Gasteiger partial charge in [0.15, 0.2) is 0 Å². The highest BCUT2D eigenvalue weighted by molar-refractivity contribution is 7.89. The highest BCUT2D eigenvalue weighted by Gasteiger charge is 2.20. The molecule has 1 saturated heterocycles. The van der Waals surface area contributed by atoms with E-state index in [0.29, 0.717) is 17.4 Å². The quantitative estimate of drug-likeness (QED) is 0.896. The first-order chi connectivity index (χ1) is 9.49. The maximum Gasteiger partial charge on any atom is 0.240 e. The Balaban J connectivity index is 2.09. The van der Waals surface area contributed by atoms with E-state index in [1.165, 1.54) is 0 Å². The van der Waals surface area contributed by atoms with E-state index < -0.39 is 10.0 Å². The van der Waals surface area contributed by atoms with Crippen molar-refractivity contribution in [2.75, 3.05) is 13.1 Å². The Kier molecular flexibility index (Phi) is 5.18. The molecule has 0 radical (unpaired) electrons. The van der Waals surface area contributed by atoms with Gasteiger partial charge >= 0.3 is 0 Å². The summed E-state index contributed by atoms with van der Waals surface area (Å²) in [6.45, 7) is 5.88. The van der Waals surface area contributed by atoms with Crippen LogP contribution in [0.3, 0.4) is 0 Å². The van der Waals surface area contributed by atoms with Crippen molar-refractivity contribution >= 4 is 10.0 Å². The highest BCUT2D eigenvalue weighted by Crippen LogP contribution is 2.18. The lowest BCUT2D eigenvalue weighted by Gasteiger charge is -2.17. The fourth-order valence-corrected chi connectivity index (χ4v) is 3.71. The molecule has 1 heterocycles. The molecule has 0 amide bonds. The maximum absolute atomic E-state index is 12.4. The number of hydrogen-bond donors (Lipinski definition) is 2. The van der Waals surface area contributed by atoms with Gasteiger partial charge in [-0.25, -0.2) is 13.1 Å². The normalized spacial score (nSPS) is 20.9. The molecular formula is C15H24N2O2S. The predicted molar refractivity (Wildman–Crippen MR) is 81.4 cm³/mol. The largest absolute Gasteiger partial charge is 0.315 e. The lowest BCUT2D eigenvalue weighted by molar-refractivity contribution is 0.521. The second-order valence-corrected chi connectivity index (χ2v) is 7.46. The van der Waals surface area contributed by atoms with Crippen LogP contribution in [0.25, 0.3) is 0 Å². The molecule has 1 aliphatic rings. The average molecular weight is 296 g/mol. The Hall–Kier alpha value is -0.910. The van der Waals surface area contributed by atoms with E-state index in [9.17, 15) is 8.42 Å². The Bertz CT molecular complexity index is 515. The molecule has 0 spiro atoms. The van der Waals surface area contributed by atoms with Crippen LogP contribution in [0.5, 0.6) is 0 Å². The number of benzene rings is 1. The first kappa shape index (κ1) is 15.5. The van der Waals surface area contributed by atoms with Crippen molar-refractivity contribution in [2.24, 2.45) is 0 Å². The van der Waals surface area contributed by atoms with Crippen LogP contribution in [0.4, 0.5) is 0 Å². The molecule has 0 bridgehead atoms. The van der Waals surface area contributed by atoms with Crippen molar-refractivity contribution in [3.63, 3.8) is 0 Å². The van der Waals surface area contributed by atoms with Gasteiger partial charge in [0.25, 0.3) is 0 Å². The van der Waals surface area contributed by atoms with E-state index in [-0.39, 0.29) is 6.04 Å². The molecule has 1 aromatic rings. The summed E-state index contributed by atoms with van der Waals surface area (Å²) >= 11 is 0. The molecule has 0 aliphatic carbocycles. The third-order valence-electron chi connectivity index (χ3n) is 3.73. The van der Waals surface area contributed by atoms with E-state index >= 15 is 0 Å². The van der Waals surface area contributed by atoms with Crippen molar-refractivity contribution in [3.05, 3.63) is 29.8 Å². The number of nitrogens with one attached hydrogen (secondary N) is 2. The van der Waals surface area contributed by atoms with E-state index in [1.54, 1.807) is 12.1 Å². The minimum absolute atomic E-state index is 0.00715. The van der Waals surface area contributed by atoms with Gasteiger partial charge in [0.05, 0.1) is 4.90 Å². The monoisotopic (exact) mass is 296 g/mol. The summed E-state index contributed by atoms with van der Waals surface area (Å²) in [6, 6.07) is 7.17. The van der Waals surface area contributed by atoms with Crippen molar-refractivity contribution < 1.29 is 8.42 Å². The Labute approximate surface area is 122 Å². The summed E-state index contributed by atoms with van der Waals surface area (Å²) in [7, 11) is -3.41. The lowest BCUT2D eigenvalue weighted by atomic mass is 10.0. The van der Waals surface area contributed by atoms with Gasteiger partial charge < -0.3 is 5.32 Å². The van der Waals surface area contributed by atoms with Gasteiger partial charge in [-0.1, -0.05) is 32.4 Å². The van der Waals surface area contributed by atoms with Gasteiger partial charge in [0.2, 0.25) is 10.0 Å². The van der Waals surface area contributed by atoms with Crippen LogP contribution >= 0.6 is 0 Å². The van der Waals surface area contributed by atoms with E-state index in [1.807, 2.05) is 12.1 Å². The summed E-state index contributed by atoms with van der Waals surface area (Å²) in [5, 5.41) is 3.27. The second-order valence-electron chi connectivity index (χ2n) is 5.74. The molecule has 5 heteroatoms. The van der Waals surface area contributed by atoms with Crippen LogP contribution in [0.1, 0.15) is 44.6 Å². The summed E-state index contributed by atoms with van der Waals surface area (Å²) in [5.74, 6) is 0.408. The Morgan fingerprint density at radius 1 is 1.20 bits per heavy atom. The zero-order chi connectivity index (χ0) is 14.6. The maximum atomic E-state index is 12.4. The SMILES string of the molecule is CC(C)c1ccc(S(=O)(=O)NC2CCCCNC2)cc1. The standard InChI is InChI=1S/C15H24N2O2S/c1-12(2)13-6-8-15(9-7-13)20(18,19)17-14-5-3-4-10-16-11-14/h6-9,12,14,16-17H,3-5,10-11H2,1-2H3. The third-order valence-corrected chi connectivity index (χ3v) is 5.26. The van der Waals surface area contributed by atoms with Crippen LogP contribution in [-0.2, 0) is 10.0 Å². The topological polar surface area (TPSA) is 58.2 Å². The van der Waals surface area contributed by atoms with Crippen molar-refractivity contribution in [2.45, 2.75) is 50.0 Å². The van der Waals surface area contributed by atoms with Crippen molar-refractivity contribution in [1.29, 1.82) is 0 Å². The fourth-order valence-electron chi connectivity index (χ4n) is 2.44. The Morgan fingerprint density at radius 3 is 2.55 bits per heavy atom. The molecule has 0 saturated carbocycles. The van der Waals surface area contributed by atoms with Crippen LogP contribution in [-0.4, -0.2) is 27.5 Å². The first-order valence-electron chi connectivity index (χ1n) is 7.32. The number of hydrogen-bond acceptors (Lipinski definition) is 3. The lowest BCUT2D eigenvalue weighted by Crippen LogP contribution is -2.40. The summed E-state index contributed by atoms with van der Waals surface area (Å²) in [6.07, 6.45) is 3.07. The number of sulfonamides is 1. The molecule has 1 atom stereocenters. The number of rotatable bonds is 4. The van der Waals surface area contributed by atoms with E-state index in [4.69, 9.17) is 0 Å². The minimum Gasteiger partial charge on any atom is -0.315 e. The smallest absolute Gasteiger partial charge is 0.240 e. The molecule has 2 N–H and O–H groups in total. The van der Waals surface area contributed by atoms with Crippen LogP contribution in [0.2, 0.25) is 0 Å². The Morgan fingerprint density at radius 2 is 1.90 bits per heavy atom. The highest BCUT2D eigenvalue weighted by atomic mass is 32.2. The molecule has 4 nitrogen and oxygen atoms in total. The molecule has 0 aromatic heterocycles. The van der Waals surface area contributed by atoms with Crippen LogP contribution < -0.4 is 10.0 Å². The summed E-state index contributed by atoms with van der Waals surface area (Å²) in [4.78, 5) is 0.353. The first-order valence-corrected chi connectivity index (χ1v) is 8.80. The molecular weight excluding hydrogens is 272 g/mol. The molecule has 20 heavy (non-hydrogen) atoms. The van der Waals surface area contributed by atoms with Gasteiger partial charge in [-0.2, -0.15) is 0 Å². The van der Waals surface area contributed by atoms with Crippen LogP contribution in [0.15, 0.2) is 29.2 Å². The molecule has 1 unspecified atom stereocenters. The van der Waals surface area contributed by atoms with Crippen molar-refractivity contribution in [3.8, 4) is 0 Å². The summed E-state index contributed by atoms with van der Waals surface area (Å²) in [5.41, 5.74) is 1.15. The predicted octanol–water partition coefficient (Wildman–Crippen LogP) is 2.23. The van der Waals surface area contributed by atoms with Gasteiger partial charge in [0, 0.05) is 12.6 Å². The van der Waals surface area contributed by atoms with Gasteiger partial charge in [-0.15, -0.1) is 0 Å². The van der Waals surface area contributed by atoms with Gasteiger partial charge in [0.1, 0.15) is 0 Å². The molecule has 112 valence electrons. The van der Waals surface area contributed by atoms with E-state index in [2.05, 4.69) is 23.9 Å². The second kappa shape index (κ2) is 6.70. The van der Waals surface area contributed by atoms with E-state index in [0.717, 1.165) is 31.4 Å². The van der Waals surface area contributed by atoms with Crippen LogP contribution in [0, 0.1) is 0 Å². The zero-order valence-electron chi connectivity index (χ0n) is 12.2. The molecule has 1 aromatic carbocycles. The average Bonchev–Trinajstić information content (AvgIpc) is 2.67. The molecule has 1 aliphatic heterocycles.